The zero-order chi connectivity index (χ0) is 30.6. The van der Waals surface area contributed by atoms with E-state index >= 15 is 0 Å². The third-order valence-electron chi connectivity index (χ3n) is 7.16. The molecule has 2 atom stereocenters. The number of ether oxygens (including phenoxy) is 7. The number of rotatable bonds is 12. The average Bonchev–Trinajstić information content (AvgIpc) is 3.69. The zero-order valence-corrected chi connectivity index (χ0v) is 25.5. The lowest BCUT2D eigenvalue weighted by Crippen LogP contribution is -2.47. The van der Waals surface area contributed by atoms with E-state index < -0.39 is 18.0 Å². The molecular weight excluding hydrogens is 578 g/mol. The van der Waals surface area contributed by atoms with Crippen LogP contribution in [0.15, 0.2) is 59.3 Å². The van der Waals surface area contributed by atoms with E-state index in [2.05, 4.69) is 15.5 Å². The SMILES string of the molecule is COc1ccc2sc(NC(=O)COC3C=C(C4CC(c5cc(OC)c(OC)c(OC)c5)=NO4)C=CC3(OC)OC)nc2c1. The monoisotopic (exact) mass is 611 g/mol. The van der Waals surface area contributed by atoms with Crippen molar-refractivity contribution < 1.29 is 42.8 Å². The number of hydrogen-bond acceptors (Lipinski definition) is 12. The summed E-state index contributed by atoms with van der Waals surface area (Å²) in [5.41, 5.74) is 3.01. The van der Waals surface area contributed by atoms with Crippen LogP contribution in [0.25, 0.3) is 10.2 Å². The number of methoxy groups -OCH3 is 6. The Morgan fingerprint density at radius 2 is 1.77 bits per heavy atom. The third-order valence-corrected chi connectivity index (χ3v) is 8.11. The maximum Gasteiger partial charge on any atom is 0.252 e. The molecular formula is C30H33N3O9S. The number of nitrogens with zero attached hydrogens (tertiary/aromatic N) is 2. The van der Waals surface area contributed by atoms with Crippen molar-refractivity contribution in [3.05, 3.63) is 59.7 Å². The topological polar surface area (TPSA) is 128 Å². The van der Waals surface area contributed by atoms with Crippen LogP contribution in [0.2, 0.25) is 0 Å². The molecule has 1 N–H and O–H groups in total. The second-order valence-corrected chi connectivity index (χ2v) is 10.5. The maximum atomic E-state index is 12.8. The highest BCUT2D eigenvalue weighted by Gasteiger charge is 2.41. The van der Waals surface area contributed by atoms with E-state index in [0.29, 0.717) is 40.3 Å². The molecule has 0 saturated carbocycles. The van der Waals surface area contributed by atoms with Crippen LogP contribution >= 0.6 is 11.3 Å². The fourth-order valence-electron chi connectivity index (χ4n) is 4.87. The molecule has 2 heterocycles. The minimum Gasteiger partial charge on any atom is -0.497 e. The normalized spacial score (nSPS) is 18.9. The lowest BCUT2D eigenvalue weighted by molar-refractivity contribution is -0.225. The van der Waals surface area contributed by atoms with Crippen LogP contribution in [0.3, 0.4) is 0 Å². The standard InChI is InChI=1S/C30H33N3O9S/c1-35-19-7-8-25-21(14-19)31-29(43-25)32-27(34)16-41-26-13-17(9-10-30(26,39-5)40-6)22-15-20(33-42-22)18-11-23(36-2)28(38-4)24(12-18)37-3/h7-14,22,26H,15-16H2,1-6H3,(H,31,32,34). The summed E-state index contributed by atoms with van der Waals surface area (Å²) in [6.45, 7) is -0.269. The number of hydrogen-bond donors (Lipinski definition) is 1. The lowest BCUT2D eigenvalue weighted by atomic mass is 9.92. The Kier molecular flexibility index (Phi) is 9.16. The van der Waals surface area contributed by atoms with Gasteiger partial charge in [0.05, 0.1) is 44.4 Å². The maximum absolute atomic E-state index is 12.8. The van der Waals surface area contributed by atoms with Crippen LogP contribution in [0.4, 0.5) is 5.13 Å². The van der Waals surface area contributed by atoms with Gasteiger partial charge in [0.15, 0.2) is 22.7 Å². The van der Waals surface area contributed by atoms with Crippen molar-refractivity contribution >= 4 is 38.3 Å². The van der Waals surface area contributed by atoms with Gasteiger partial charge in [-0.25, -0.2) is 4.98 Å². The van der Waals surface area contributed by atoms with Gasteiger partial charge in [0.1, 0.15) is 18.5 Å². The van der Waals surface area contributed by atoms with Crippen molar-refractivity contribution in [3.63, 3.8) is 0 Å². The first kappa shape index (κ1) is 30.3. The highest BCUT2D eigenvalue weighted by molar-refractivity contribution is 7.22. The molecule has 3 aromatic rings. The van der Waals surface area contributed by atoms with Gasteiger partial charge in [0.25, 0.3) is 5.91 Å². The molecule has 2 aromatic carbocycles. The van der Waals surface area contributed by atoms with Gasteiger partial charge in [-0.1, -0.05) is 22.6 Å². The lowest BCUT2D eigenvalue weighted by Gasteiger charge is -2.36. The van der Waals surface area contributed by atoms with E-state index in [0.717, 1.165) is 21.4 Å². The van der Waals surface area contributed by atoms with E-state index in [-0.39, 0.29) is 12.5 Å². The summed E-state index contributed by atoms with van der Waals surface area (Å²) >= 11 is 1.36. The Balaban J connectivity index is 1.28. The van der Waals surface area contributed by atoms with Crippen molar-refractivity contribution in [3.8, 4) is 23.0 Å². The molecule has 1 amide bonds. The number of aromatic nitrogens is 1. The summed E-state index contributed by atoms with van der Waals surface area (Å²) in [7, 11) is 9.28. The van der Waals surface area contributed by atoms with E-state index in [1.165, 1.54) is 25.6 Å². The van der Waals surface area contributed by atoms with Crippen LogP contribution in [0.1, 0.15) is 12.0 Å². The molecule has 43 heavy (non-hydrogen) atoms. The predicted molar refractivity (Wildman–Crippen MR) is 161 cm³/mol. The molecule has 2 unspecified atom stereocenters. The van der Waals surface area contributed by atoms with E-state index in [4.69, 9.17) is 38.0 Å². The number of fused-ring (bicyclic) bond motifs is 1. The van der Waals surface area contributed by atoms with Crippen LogP contribution in [-0.2, 0) is 23.8 Å². The number of thiazole rings is 1. The summed E-state index contributed by atoms with van der Waals surface area (Å²) in [6, 6.07) is 9.20. The highest BCUT2D eigenvalue weighted by atomic mass is 32.1. The second kappa shape index (κ2) is 13.0. The Morgan fingerprint density at radius 1 is 1.02 bits per heavy atom. The molecule has 1 aliphatic heterocycles. The molecule has 13 heteroatoms. The summed E-state index contributed by atoms with van der Waals surface area (Å²) in [5, 5.41) is 7.58. The zero-order valence-electron chi connectivity index (χ0n) is 24.7. The summed E-state index contributed by atoms with van der Waals surface area (Å²) in [4.78, 5) is 23.1. The molecule has 0 bridgehead atoms. The number of benzene rings is 2. The van der Waals surface area contributed by atoms with Gasteiger partial charge >= 0.3 is 0 Å². The first-order chi connectivity index (χ1) is 20.9. The van der Waals surface area contributed by atoms with Crippen LogP contribution in [-0.4, -0.2) is 83.9 Å². The van der Waals surface area contributed by atoms with E-state index in [9.17, 15) is 4.79 Å². The molecule has 2 aliphatic rings. The fraction of sp³-hybridized carbons (Fsp3) is 0.367. The third kappa shape index (κ3) is 6.15. The van der Waals surface area contributed by atoms with Gasteiger partial charge in [-0.05, 0) is 42.0 Å². The van der Waals surface area contributed by atoms with Crippen molar-refractivity contribution in [2.45, 2.75) is 24.4 Å². The van der Waals surface area contributed by atoms with Crippen LogP contribution in [0, 0.1) is 0 Å². The van der Waals surface area contributed by atoms with Gasteiger partial charge in [-0.15, -0.1) is 0 Å². The number of amides is 1. The Morgan fingerprint density at radius 3 is 2.42 bits per heavy atom. The number of anilines is 1. The van der Waals surface area contributed by atoms with E-state index in [1.54, 1.807) is 34.5 Å². The predicted octanol–water partition coefficient (Wildman–Crippen LogP) is 4.33. The number of carbonyl (C=O) groups excluding carboxylic acids is 1. The molecule has 0 saturated heterocycles. The highest BCUT2D eigenvalue weighted by Crippen LogP contribution is 2.40. The molecule has 1 aromatic heterocycles. The average molecular weight is 612 g/mol. The first-order valence-corrected chi connectivity index (χ1v) is 14.1. The number of carbonyl (C=O) groups is 1. The summed E-state index contributed by atoms with van der Waals surface area (Å²) in [5.74, 6) is 0.598. The first-order valence-electron chi connectivity index (χ1n) is 13.3. The summed E-state index contributed by atoms with van der Waals surface area (Å²) in [6.07, 6.45) is 4.71. The van der Waals surface area contributed by atoms with Gasteiger partial charge < -0.3 is 38.0 Å². The Hall–Kier alpha value is -4.17. The largest absolute Gasteiger partial charge is 0.497 e. The van der Waals surface area contributed by atoms with Gasteiger partial charge in [-0.2, -0.15) is 0 Å². The van der Waals surface area contributed by atoms with Crippen molar-refractivity contribution in [1.29, 1.82) is 0 Å². The van der Waals surface area contributed by atoms with Gasteiger partial charge in [0.2, 0.25) is 11.5 Å². The molecule has 0 spiro atoms. The molecule has 228 valence electrons. The van der Waals surface area contributed by atoms with E-state index in [1.807, 2.05) is 42.5 Å². The van der Waals surface area contributed by atoms with Crippen LogP contribution < -0.4 is 24.3 Å². The van der Waals surface area contributed by atoms with Gasteiger partial charge in [0, 0.05) is 32.3 Å². The van der Waals surface area contributed by atoms with Gasteiger partial charge in [-0.3, -0.25) is 10.1 Å². The van der Waals surface area contributed by atoms with Crippen molar-refractivity contribution in [2.75, 3.05) is 54.6 Å². The molecule has 0 radical (unpaired) electrons. The molecule has 5 rings (SSSR count). The minimum absolute atomic E-state index is 0.269. The smallest absolute Gasteiger partial charge is 0.252 e. The Bertz CT molecular complexity index is 1550. The fourth-order valence-corrected chi connectivity index (χ4v) is 5.73. The number of oxime groups is 1. The molecule has 1 aliphatic carbocycles. The minimum atomic E-state index is -1.24. The quantitative estimate of drug-likeness (QED) is 0.296. The Labute approximate surface area is 252 Å². The number of nitrogens with one attached hydrogen (secondary N) is 1. The second-order valence-electron chi connectivity index (χ2n) is 9.51. The summed E-state index contributed by atoms with van der Waals surface area (Å²) < 4.78 is 40.0. The van der Waals surface area contributed by atoms with Crippen molar-refractivity contribution in [1.82, 2.24) is 4.98 Å². The molecule has 12 nitrogen and oxygen atoms in total. The van der Waals surface area contributed by atoms with Crippen molar-refractivity contribution in [2.24, 2.45) is 5.16 Å². The molecule has 0 fully saturated rings. The van der Waals surface area contributed by atoms with Crippen LogP contribution in [0.5, 0.6) is 23.0 Å².